The number of para-hydroxylation sites is 1. The zero-order chi connectivity index (χ0) is 43.9. The molecule has 0 heterocycles. The third-order valence-electron chi connectivity index (χ3n) is 14.6. The molecule has 10 aromatic rings. The number of hydrogen-bond donors (Lipinski definition) is 0. The highest BCUT2D eigenvalue weighted by molar-refractivity contribution is 6.09. The van der Waals surface area contributed by atoms with Crippen molar-refractivity contribution in [2.24, 2.45) is 0 Å². The molecule has 0 saturated heterocycles. The Labute approximate surface area is 389 Å². The summed E-state index contributed by atoms with van der Waals surface area (Å²) < 4.78 is 0. The van der Waals surface area contributed by atoms with Gasteiger partial charge in [0.05, 0.1) is 11.1 Å². The molecule has 0 aliphatic heterocycles. The highest BCUT2D eigenvalue weighted by Gasteiger charge is 2.46. The second-order valence-corrected chi connectivity index (χ2v) is 18.2. The number of anilines is 3. The maximum absolute atomic E-state index is 2.49. The number of rotatable bonds is 9. The van der Waals surface area contributed by atoms with Gasteiger partial charge in [-0.2, -0.15) is 0 Å². The van der Waals surface area contributed by atoms with E-state index in [1.54, 1.807) is 0 Å². The summed E-state index contributed by atoms with van der Waals surface area (Å²) in [5, 5.41) is 2.48. The van der Waals surface area contributed by atoms with Gasteiger partial charge in [0.1, 0.15) is 0 Å². The highest BCUT2D eigenvalue weighted by Crippen LogP contribution is 2.57. The average Bonchev–Trinajstić information content (AvgIpc) is 3.70. The third kappa shape index (κ3) is 6.77. The van der Waals surface area contributed by atoms with Crippen LogP contribution in [0.15, 0.2) is 243 Å². The Hall–Kier alpha value is -7.74. The Morgan fingerprint density at radius 2 is 0.879 bits per heavy atom. The normalized spacial score (nSPS) is 14.1. The van der Waals surface area contributed by atoms with E-state index in [2.05, 4.69) is 248 Å². The molecule has 10 aromatic carbocycles. The van der Waals surface area contributed by atoms with E-state index in [-0.39, 0.29) is 0 Å². The van der Waals surface area contributed by atoms with Crippen molar-refractivity contribution in [2.75, 3.05) is 4.90 Å². The van der Waals surface area contributed by atoms with Gasteiger partial charge in [0, 0.05) is 16.9 Å². The first-order valence-electron chi connectivity index (χ1n) is 23.8. The van der Waals surface area contributed by atoms with E-state index >= 15 is 0 Å². The summed E-state index contributed by atoms with van der Waals surface area (Å²) in [7, 11) is 0. The zero-order valence-electron chi connectivity index (χ0n) is 37.2. The first-order valence-corrected chi connectivity index (χ1v) is 23.8. The highest BCUT2D eigenvalue weighted by atomic mass is 15.1. The molecule has 1 fully saturated rings. The lowest BCUT2D eigenvalue weighted by Crippen LogP contribution is -2.28. The molecule has 12 rings (SSSR count). The molecule has 0 N–H and O–H groups in total. The van der Waals surface area contributed by atoms with Crippen molar-refractivity contribution in [3.05, 3.63) is 270 Å². The molecular formula is C65H51N. The predicted octanol–water partition coefficient (Wildman–Crippen LogP) is 17.7. The van der Waals surface area contributed by atoms with Gasteiger partial charge in [-0.25, -0.2) is 0 Å². The van der Waals surface area contributed by atoms with Gasteiger partial charge in [-0.15, -0.1) is 0 Å². The lowest BCUT2D eigenvalue weighted by molar-refractivity contribution is 0.443. The minimum Gasteiger partial charge on any atom is -0.310 e. The van der Waals surface area contributed by atoms with Crippen molar-refractivity contribution in [2.45, 2.75) is 43.4 Å². The van der Waals surface area contributed by atoms with Crippen molar-refractivity contribution in [1.82, 2.24) is 0 Å². The van der Waals surface area contributed by atoms with E-state index in [0.29, 0.717) is 5.92 Å². The van der Waals surface area contributed by atoms with Crippen LogP contribution in [-0.4, -0.2) is 0 Å². The zero-order valence-corrected chi connectivity index (χ0v) is 37.2. The summed E-state index contributed by atoms with van der Waals surface area (Å²) >= 11 is 0. The Kier molecular flexibility index (Phi) is 10.3. The lowest BCUT2D eigenvalue weighted by Gasteiger charge is -2.34. The van der Waals surface area contributed by atoms with E-state index in [1.807, 2.05) is 0 Å². The van der Waals surface area contributed by atoms with Crippen molar-refractivity contribution in [3.63, 3.8) is 0 Å². The molecule has 0 amide bonds. The fourth-order valence-electron chi connectivity index (χ4n) is 11.5. The van der Waals surface area contributed by atoms with Crippen LogP contribution < -0.4 is 4.90 Å². The fraction of sp³-hybridized carbons (Fsp3) is 0.108. The summed E-state index contributed by atoms with van der Waals surface area (Å²) in [5.74, 6) is 0.694. The first-order chi connectivity index (χ1) is 32.8. The summed E-state index contributed by atoms with van der Waals surface area (Å²) in [6.07, 6.45) is 6.69. The van der Waals surface area contributed by atoms with Gasteiger partial charge in [0.15, 0.2) is 0 Å². The molecule has 0 radical (unpaired) electrons. The molecule has 0 unspecified atom stereocenters. The average molecular weight is 846 g/mol. The monoisotopic (exact) mass is 845 g/mol. The van der Waals surface area contributed by atoms with Crippen molar-refractivity contribution < 1.29 is 0 Å². The number of hydrogen-bond acceptors (Lipinski definition) is 1. The van der Waals surface area contributed by atoms with Crippen molar-refractivity contribution in [3.8, 4) is 44.5 Å². The summed E-state index contributed by atoms with van der Waals surface area (Å²) in [5.41, 5.74) is 19.3. The summed E-state index contributed by atoms with van der Waals surface area (Å²) in [6, 6.07) is 90.4. The van der Waals surface area contributed by atoms with Crippen LogP contribution in [0.1, 0.15) is 65.8 Å². The van der Waals surface area contributed by atoms with Gasteiger partial charge in [0.25, 0.3) is 0 Å². The molecule has 1 nitrogen and oxygen atoms in total. The third-order valence-corrected chi connectivity index (χ3v) is 14.6. The van der Waals surface area contributed by atoms with E-state index in [1.165, 1.54) is 115 Å². The Bertz CT molecular complexity index is 3260. The quantitative estimate of drug-likeness (QED) is 0.140. The SMILES string of the molecule is c1ccc(-c2cccc3cccc(-c4ccccc4N(c4ccc(-c5ccc(C6CCCCC6)cc5)cc4)c4ccc5c(c4)-c4ccccc4C5(c4ccccc4)c4ccccc4)c23)cc1. The number of benzene rings is 10. The van der Waals surface area contributed by atoms with Crippen LogP contribution in [0, 0.1) is 0 Å². The molecule has 66 heavy (non-hydrogen) atoms. The first kappa shape index (κ1) is 39.8. The summed E-state index contributed by atoms with van der Waals surface area (Å²) in [6.45, 7) is 0. The fourth-order valence-corrected chi connectivity index (χ4v) is 11.5. The molecule has 0 aromatic heterocycles. The standard InChI is InChI=1S/C65H51N/c1-5-19-46(20-6-1)47-35-37-48(38-36-47)49-39-41-54(42-40-49)66(63-34-16-14-30-58(63)59-32-18-24-51-23-17-31-56(64(51)59)50-21-7-2-8-22-50)55-43-44-62-60(45-55)57-29-13-15-33-61(57)65(62,52-25-9-3-10-26-52)53-27-11-4-12-28-53/h2-4,7-18,21-46H,1,5-6,19-20H2. The second kappa shape index (κ2) is 17.0. The van der Waals surface area contributed by atoms with Crippen LogP contribution in [0.5, 0.6) is 0 Å². The molecule has 2 aliphatic rings. The van der Waals surface area contributed by atoms with E-state index in [4.69, 9.17) is 0 Å². The number of nitrogens with zero attached hydrogens (tertiary/aromatic N) is 1. The topological polar surface area (TPSA) is 3.24 Å². The largest absolute Gasteiger partial charge is 0.310 e. The molecule has 316 valence electrons. The van der Waals surface area contributed by atoms with E-state index in [9.17, 15) is 0 Å². The van der Waals surface area contributed by atoms with Gasteiger partial charge < -0.3 is 4.90 Å². The molecule has 0 spiro atoms. The van der Waals surface area contributed by atoms with Gasteiger partial charge in [-0.1, -0.05) is 232 Å². The van der Waals surface area contributed by atoms with E-state index < -0.39 is 5.41 Å². The van der Waals surface area contributed by atoms with Crippen LogP contribution in [0.2, 0.25) is 0 Å². The van der Waals surface area contributed by atoms with Crippen LogP contribution in [0.3, 0.4) is 0 Å². The Morgan fingerprint density at radius 3 is 1.56 bits per heavy atom. The van der Waals surface area contributed by atoms with Gasteiger partial charge in [-0.3, -0.25) is 0 Å². The minimum atomic E-state index is -0.472. The van der Waals surface area contributed by atoms with Gasteiger partial charge in [0.2, 0.25) is 0 Å². The van der Waals surface area contributed by atoms with E-state index in [0.717, 1.165) is 17.1 Å². The molecule has 2 aliphatic carbocycles. The molecule has 0 bridgehead atoms. The minimum absolute atomic E-state index is 0.472. The molecular weight excluding hydrogens is 795 g/mol. The van der Waals surface area contributed by atoms with Gasteiger partial charge >= 0.3 is 0 Å². The van der Waals surface area contributed by atoms with Crippen LogP contribution in [0.25, 0.3) is 55.3 Å². The van der Waals surface area contributed by atoms with Crippen molar-refractivity contribution >= 4 is 27.8 Å². The molecule has 1 heteroatoms. The maximum Gasteiger partial charge on any atom is 0.0713 e. The van der Waals surface area contributed by atoms with Gasteiger partial charge in [-0.05, 0) is 127 Å². The van der Waals surface area contributed by atoms with Crippen LogP contribution in [-0.2, 0) is 5.41 Å². The Morgan fingerprint density at radius 1 is 0.348 bits per heavy atom. The smallest absolute Gasteiger partial charge is 0.0713 e. The molecule has 1 saturated carbocycles. The van der Waals surface area contributed by atoms with Crippen molar-refractivity contribution in [1.29, 1.82) is 0 Å². The second-order valence-electron chi connectivity index (χ2n) is 18.2. The molecule has 0 atom stereocenters. The Balaban J connectivity index is 1.05. The number of fused-ring (bicyclic) bond motifs is 4. The van der Waals surface area contributed by atoms with Crippen LogP contribution in [0.4, 0.5) is 17.1 Å². The lowest BCUT2D eigenvalue weighted by atomic mass is 9.68. The van der Waals surface area contributed by atoms with Crippen LogP contribution >= 0.6 is 0 Å². The predicted molar refractivity (Wildman–Crippen MR) is 278 cm³/mol. The maximum atomic E-state index is 2.49. The summed E-state index contributed by atoms with van der Waals surface area (Å²) in [4.78, 5) is 2.49.